The van der Waals surface area contributed by atoms with Crippen LogP contribution in [0.4, 0.5) is 30.6 Å². The molecule has 1 amide bonds. The number of pyridine rings is 1. The first-order valence-electron chi connectivity index (χ1n) is 11.1. The first-order chi connectivity index (χ1) is 16.2. The summed E-state index contributed by atoms with van der Waals surface area (Å²) in [6.07, 6.45) is -1.14. The van der Waals surface area contributed by atoms with Crippen molar-refractivity contribution in [3.05, 3.63) is 29.7 Å². The fourth-order valence-corrected chi connectivity index (χ4v) is 4.61. The van der Waals surface area contributed by atoms with Gasteiger partial charge in [0.1, 0.15) is 22.7 Å². The second-order valence-electron chi connectivity index (χ2n) is 9.05. The topological polar surface area (TPSA) is 102 Å². The molecule has 0 unspecified atom stereocenters. The van der Waals surface area contributed by atoms with Gasteiger partial charge in [0.05, 0.1) is 25.1 Å². The van der Waals surface area contributed by atoms with Gasteiger partial charge in [-0.25, -0.2) is 9.97 Å². The molecule has 4 heterocycles. The smallest absolute Gasteiger partial charge is 0.433 e. The van der Waals surface area contributed by atoms with Crippen LogP contribution in [0.15, 0.2) is 18.3 Å². The molecule has 2 aliphatic heterocycles. The summed E-state index contributed by atoms with van der Waals surface area (Å²) in [4.78, 5) is 27.2. The normalized spacial score (nSPS) is 26.1. The van der Waals surface area contributed by atoms with Gasteiger partial charge in [-0.2, -0.15) is 18.2 Å². The van der Waals surface area contributed by atoms with Crippen molar-refractivity contribution in [2.45, 2.75) is 43.9 Å². The molecule has 34 heavy (non-hydrogen) atoms. The molecule has 1 aliphatic carbocycles. The van der Waals surface area contributed by atoms with E-state index in [1.165, 1.54) is 6.07 Å². The van der Waals surface area contributed by atoms with E-state index >= 15 is 0 Å². The van der Waals surface area contributed by atoms with E-state index in [2.05, 4.69) is 25.6 Å². The van der Waals surface area contributed by atoms with Gasteiger partial charge in [0, 0.05) is 26.1 Å². The quantitative estimate of drug-likeness (QED) is 0.677. The monoisotopic (exact) mass is 478 g/mol. The van der Waals surface area contributed by atoms with Gasteiger partial charge >= 0.3 is 6.18 Å². The Labute approximate surface area is 194 Å². The van der Waals surface area contributed by atoms with E-state index in [9.17, 15) is 18.0 Å². The van der Waals surface area contributed by atoms with Crippen LogP contribution in [0.25, 0.3) is 0 Å². The highest BCUT2D eigenvalue weighted by molar-refractivity contribution is 6.06. The highest BCUT2D eigenvalue weighted by Gasteiger charge is 2.50. The fraction of sp³-hybridized carbons (Fsp3) is 0.545. The number of halogens is 3. The minimum atomic E-state index is -4.46. The molecule has 1 saturated heterocycles. The van der Waals surface area contributed by atoms with Gasteiger partial charge in [-0.3, -0.25) is 4.79 Å². The average Bonchev–Trinajstić information content (AvgIpc) is 3.26. The number of carbonyl (C=O) groups is 1. The SMILES string of the molecule is Cc1nc(NC2CC(COc3ccc(C(F)(F)F)nc3)C2)nc2c1NC(=O)[C@@]1(CCOC1)N2C. The van der Waals surface area contributed by atoms with Crippen LogP contribution in [0.1, 0.15) is 30.7 Å². The Morgan fingerprint density at radius 2 is 2.12 bits per heavy atom. The predicted molar refractivity (Wildman–Crippen MR) is 117 cm³/mol. The Kier molecular flexibility index (Phi) is 5.50. The van der Waals surface area contributed by atoms with E-state index in [1.807, 2.05) is 18.9 Å². The van der Waals surface area contributed by atoms with Crippen LogP contribution < -0.4 is 20.3 Å². The zero-order chi connectivity index (χ0) is 24.1. The van der Waals surface area contributed by atoms with Crippen molar-refractivity contribution in [3.63, 3.8) is 0 Å². The maximum atomic E-state index is 12.8. The predicted octanol–water partition coefficient (Wildman–Crippen LogP) is 3.02. The van der Waals surface area contributed by atoms with Crippen molar-refractivity contribution < 1.29 is 27.4 Å². The molecule has 9 nitrogen and oxygen atoms in total. The van der Waals surface area contributed by atoms with E-state index < -0.39 is 17.4 Å². The Hall–Kier alpha value is -3.15. The number of carbonyl (C=O) groups excluding carboxylic acids is 1. The minimum Gasteiger partial charge on any atom is -0.492 e. The molecule has 3 aliphatic rings. The van der Waals surface area contributed by atoms with Crippen LogP contribution in [0.3, 0.4) is 0 Å². The van der Waals surface area contributed by atoms with E-state index in [4.69, 9.17) is 9.47 Å². The average molecular weight is 478 g/mol. The minimum absolute atomic E-state index is 0.0995. The number of likely N-dealkylation sites (N-methyl/N-ethyl adjacent to an activating group) is 1. The second-order valence-corrected chi connectivity index (χ2v) is 9.05. The van der Waals surface area contributed by atoms with Crippen LogP contribution in [-0.2, 0) is 15.7 Å². The summed E-state index contributed by atoms with van der Waals surface area (Å²) in [5.74, 6) is 1.63. The second kappa shape index (κ2) is 8.26. The van der Waals surface area contributed by atoms with Crippen LogP contribution in [-0.4, -0.2) is 59.3 Å². The molecule has 0 bridgehead atoms. The lowest BCUT2D eigenvalue weighted by atomic mass is 9.81. The number of rotatable bonds is 5. The van der Waals surface area contributed by atoms with E-state index in [0.29, 0.717) is 55.1 Å². The maximum Gasteiger partial charge on any atom is 0.433 e. The Balaban J connectivity index is 1.17. The van der Waals surface area contributed by atoms with Crippen molar-refractivity contribution in [2.24, 2.45) is 5.92 Å². The van der Waals surface area contributed by atoms with Crippen LogP contribution in [0.2, 0.25) is 0 Å². The first-order valence-corrected chi connectivity index (χ1v) is 11.1. The summed E-state index contributed by atoms with van der Waals surface area (Å²) in [7, 11) is 1.86. The standard InChI is InChI=1S/C22H25F3N6O3/c1-12-17-18(31(2)21(19(32)29-17)5-6-33-11-21)30-20(27-12)28-14-7-13(8-14)10-34-15-3-4-16(26-9-15)22(23,24)25/h3-4,9,13-14H,5-8,10-11H2,1-2H3,(H,29,32)(H,27,28,30)/t13?,14?,21-/m0/s1. The van der Waals surface area contributed by atoms with E-state index in [1.54, 1.807) is 0 Å². The molecule has 182 valence electrons. The molecular formula is C22H25F3N6O3. The Bertz CT molecular complexity index is 1080. The summed E-state index contributed by atoms with van der Waals surface area (Å²) in [5.41, 5.74) is -0.405. The van der Waals surface area contributed by atoms with Crippen molar-refractivity contribution in [2.75, 3.05) is 42.4 Å². The number of fused-ring (bicyclic) bond motifs is 1. The van der Waals surface area contributed by atoms with Crippen LogP contribution in [0.5, 0.6) is 5.75 Å². The Morgan fingerprint density at radius 1 is 1.32 bits per heavy atom. The number of nitrogens with zero attached hydrogens (tertiary/aromatic N) is 4. The van der Waals surface area contributed by atoms with Gasteiger partial charge in [-0.05, 0) is 37.8 Å². The van der Waals surface area contributed by atoms with Gasteiger partial charge in [-0.1, -0.05) is 0 Å². The van der Waals surface area contributed by atoms with Gasteiger partial charge < -0.3 is 25.0 Å². The third-order valence-corrected chi connectivity index (χ3v) is 6.77. The Morgan fingerprint density at radius 3 is 2.76 bits per heavy atom. The molecule has 1 atom stereocenters. The fourth-order valence-electron chi connectivity index (χ4n) is 4.61. The number of hydrogen-bond acceptors (Lipinski definition) is 8. The van der Waals surface area contributed by atoms with Gasteiger partial charge in [0.2, 0.25) is 5.95 Å². The summed E-state index contributed by atoms with van der Waals surface area (Å²) in [5, 5.41) is 6.30. The molecule has 0 radical (unpaired) electrons. The lowest BCUT2D eigenvalue weighted by Crippen LogP contribution is -2.59. The number of aryl methyl sites for hydroxylation is 1. The van der Waals surface area contributed by atoms with Crippen molar-refractivity contribution in [1.82, 2.24) is 15.0 Å². The molecule has 1 saturated carbocycles. The first kappa shape index (κ1) is 22.6. The molecule has 1 spiro atoms. The largest absolute Gasteiger partial charge is 0.492 e. The third kappa shape index (κ3) is 3.99. The molecular weight excluding hydrogens is 453 g/mol. The number of ether oxygens (including phenoxy) is 2. The molecule has 5 rings (SSSR count). The van der Waals surface area contributed by atoms with Gasteiger partial charge in [-0.15, -0.1) is 0 Å². The third-order valence-electron chi connectivity index (χ3n) is 6.77. The van der Waals surface area contributed by atoms with Gasteiger partial charge in [0.15, 0.2) is 5.82 Å². The number of hydrogen-bond donors (Lipinski definition) is 2. The lowest BCUT2D eigenvalue weighted by Gasteiger charge is -2.42. The molecule has 2 N–H and O–H groups in total. The number of aromatic nitrogens is 3. The summed E-state index contributed by atoms with van der Waals surface area (Å²) < 4.78 is 48.9. The number of amides is 1. The van der Waals surface area contributed by atoms with Crippen LogP contribution >= 0.6 is 0 Å². The zero-order valence-corrected chi connectivity index (χ0v) is 18.8. The van der Waals surface area contributed by atoms with Crippen molar-refractivity contribution >= 4 is 23.4 Å². The highest BCUT2D eigenvalue weighted by atomic mass is 19.4. The highest BCUT2D eigenvalue weighted by Crippen LogP contribution is 2.40. The van der Waals surface area contributed by atoms with Crippen molar-refractivity contribution in [3.8, 4) is 5.75 Å². The number of alkyl halides is 3. The lowest BCUT2D eigenvalue weighted by molar-refractivity contribution is -0.141. The van der Waals surface area contributed by atoms with Crippen LogP contribution in [0, 0.1) is 12.8 Å². The van der Waals surface area contributed by atoms with Gasteiger partial charge in [0.25, 0.3) is 5.91 Å². The molecule has 0 aromatic carbocycles. The summed E-state index contributed by atoms with van der Waals surface area (Å²) in [6.45, 7) is 3.07. The van der Waals surface area contributed by atoms with E-state index in [0.717, 1.165) is 25.1 Å². The van der Waals surface area contributed by atoms with Crippen molar-refractivity contribution in [1.29, 1.82) is 0 Å². The maximum absolute atomic E-state index is 12.8. The molecule has 12 heteroatoms. The summed E-state index contributed by atoms with van der Waals surface area (Å²) >= 11 is 0. The number of nitrogens with one attached hydrogen (secondary N) is 2. The zero-order valence-electron chi connectivity index (χ0n) is 18.8. The summed E-state index contributed by atoms with van der Waals surface area (Å²) in [6, 6.07) is 2.35. The molecule has 2 aromatic heterocycles. The number of anilines is 3. The molecule has 2 aromatic rings. The van der Waals surface area contributed by atoms with E-state index in [-0.39, 0.29) is 17.9 Å². The molecule has 2 fully saturated rings.